The molecule has 1 rings (SSSR count). The summed E-state index contributed by atoms with van der Waals surface area (Å²) in [6, 6.07) is 7.69. The lowest BCUT2D eigenvalue weighted by Gasteiger charge is -2.11. The Bertz CT molecular complexity index is 342. The van der Waals surface area contributed by atoms with Gasteiger partial charge in [-0.1, -0.05) is 26.0 Å². The Kier molecular flexibility index (Phi) is 6.30. The summed E-state index contributed by atoms with van der Waals surface area (Å²) in [5, 5.41) is 8.73. The van der Waals surface area contributed by atoms with E-state index in [1.165, 1.54) is 0 Å². The molecule has 0 aromatic heterocycles. The van der Waals surface area contributed by atoms with Crippen molar-refractivity contribution in [2.24, 2.45) is 5.92 Å². The van der Waals surface area contributed by atoms with Gasteiger partial charge in [0.15, 0.2) is 5.78 Å². The van der Waals surface area contributed by atoms with E-state index in [1.807, 2.05) is 24.3 Å². The average molecular weight is 252 g/mol. The van der Waals surface area contributed by atoms with Crippen LogP contribution in [0.2, 0.25) is 0 Å². The zero-order chi connectivity index (χ0) is 12.7. The first-order valence-corrected chi connectivity index (χ1v) is 7.09. The molecule has 0 unspecified atom stereocenters. The average Bonchev–Trinajstić information content (AvgIpc) is 2.38. The Morgan fingerprint density at radius 2 is 1.82 bits per heavy atom. The first-order valence-electron chi connectivity index (χ1n) is 6.10. The number of thioether (sulfide) groups is 1. The van der Waals surface area contributed by atoms with Crippen LogP contribution in [0.15, 0.2) is 29.2 Å². The molecule has 0 aliphatic heterocycles. The molecule has 1 N–H and O–H groups in total. The van der Waals surface area contributed by atoms with Crippen LogP contribution in [0.3, 0.4) is 0 Å². The van der Waals surface area contributed by atoms with E-state index in [-0.39, 0.29) is 18.3 Å². The van der Waals surface area contributed by atoms with Gasteiger partial charge in [0.2, 0.25) is 0 Å². The van der Waals surface area contributed by atoms with E-state index < -0.39 is 0 Å². The Hall–Kier alpha value is -0.800. The molecule has 94 valence electrons. The van der Waals surface area contributed by atoms with E-state index in [4.69, 9.17) is 5.11 Å². The van der Waals surface area contributed by atoms with Crippen LogP contribution in [0.25, 0.3) is 0 Å². The van der Waals surface area contributed by atoms with Crippen molar-refractivity contribution >= 4 is 17.5 Å². The van der Waals surface area contributed by atoms with Crippen molar-refractivity contribution < 1.29 is 9.90 Å². The fourth-order valence-corrected chi connectivity index (χ4v) is 2.43. The topological polar surface area (TPSA) is 37.3 Å². The summed E-state index contributed by atoms with van der Waals surface area (Å²) in [4.78, 5) is 13.2. The molecule has 3 heteroatoms. The van der Waals surface area contributed by atoms with Gasteiger partial charge in [0.05, 0.1) is 6.61 Å². The molecule has 0 saturated heterocycles. The number of benzene rings is 1. The lowest BCUT2D eigenvalue weighted by atomic mass is 9.93. The van der Waals surface area contributed by atoms with E-state index in [1.54, 1.807) is 11.8 Å². The van der Waals surface area contributed by atoms with E-state index in [2.05, 4.69) is 13.8 Å². The number of ketones is 1. The molecule has 0 aliphatic carbocycles. The number of rotatable bonds is 7. The molecule has 1 aromatic rings. The largest absolute Gasteiger partial charge is 0.396 e. The molecule has 0 fully saturated rings. The van der Waals surface area contributed by atoms with Gasteiger partial charge >= 0.3 is 0 Å². The second-order valence-electron chi connectivity index (χ2n) is 3.97. The smallest absolute Gasteiger partial charge is 0.165 e. The Labute approximate surface area is 107 Å². The molecular weight excluding hydrogens is 232 g/mol. The number of hydrogen-bond donors (Lipinski definition) is 1. The van der Waals surface area contributed by atoms with Gasteiger partial charge in [-0.15, -0.1) is 11.8 Å². The lowest BCUT2D eigenvalue weighted by Crippen LogP contribution is -2.12. The highest BCUT2D eigenvalue weighted by molar-refractivity contribution is 7.99. The number of carbonyl (C=O) groups excluding carboxylic acids is 1. The third-order valence-corrected chi connectivity index (χ3v) is 3.85. The van der Waals surface area contributed by atoms with Crippen molar-refractivity contribution in [2.45, 2.75) is 31.6 Å². The summed E-state index contributed by atoms with van der Waals surface area (Å²) in [6.07, 6.45) is 1.80. The normalized spacial score (nSPS) is 10.8. The van der Waals surface area contributed by atoms with Gasteiger partial charge in [0.25, 0.3) is 0 Å². The molecule has 0 saturated carbocycles. The maximum atomic E-state index is 12.1. The summed E-state index contributed by atoms with van der Waals surface area (Å²) in [6.45, 7) is 4.29. The van der Waals surface area contributed by atoms with Gasteiger partial charge in [-0.05, 0) is 25.0 Å². The zero-order valence-corrected chi connectivity index (χ0v) is 11.3. The van der Waals surface area contributed by atoms with Crippen molar-refractivity contribution in [3.63, 3.8) is 0 Å². The molecule has 0 aliphatic rings. The van der Waals surface area contributed by atoms with Crippen LogP contribution in [0.5, 0.6) is 0 Å². The summed E-state index contributed by atoms with van der Waals surface area (Å²) in [5.74, 6) is 1.08. The van der Waals surface area contributed by atoms with Gasteiger partial charge in [-0.2, -0.15) is 0 Å². The van der Waals surface area contributed by atoms with Gasteiger partial charge in [-0.3, -0.25) is 4.79 Å². The highest BCUT2D eigenvalue weighted by atomic mass is 32.2. The minimum absolute atomic E-state index is 0.144. The van der Waals surface area contributed by atoms with E-state index in [0.29, 0.717) is 5.75 Å². The number of Topliss-reactive ketones (excluding diaryl/α,β-unsaturated/α-hetero) is 1. The standard InChI is InChI=1S/C14H20O2S/c1-3-11(4-2)14(16)12-5-7-13(8-6-12)17-10-9-15/h5-8,11,15H,3-4,9-10H2,1-2H3. The molecule has 0 spiro atoms. The molecular formula is C14H20O2S. The maximum Gasteiger partial charge on any atom is 0.165 e. The molecule has 1 aromatic carbocycles. The first-order chi connectivity index (χ1) is 8.22. The molecule has 0 radical (unpaired) electrons. The highest BCUT2D eigenvalue weighted by Gasteiger charge is 2.15. The van der Waals surface area contributed by atoms with Crippen LogP contribution in [0, 0.1) is 5.92 Å². The number of carbonyl (C=O) groups is 1. The van der Waals surface area contributed by atoms with Crippen molar-refractivity contribution in [3.8, 4) is 0 Å². The summed E-state index contributed by atoms with van der Waals surface area (Å²) in [7, 11) is 0. The Morgan fingerprint density at radius 1 is 1.24 bits per heavy atom. The molecule has 17 heavy (non-hydrogen) atoms. The van der Waals surface area contributed by atoms with Crippen LogP contribution < -0.4 is 0 Å². The maximum absolute atomic E-state index is 12.1. The number of aliphatic hydroxyl groups excluding tert-OH is 1. The van der Waals surface area contributed by atoms with E-state index in [0.717, 1.165) is 23.3 Å². The Balaban J connectivity index is 2.69. The highest BCUT2D eigenvalue weighted by Crippen LogP contribution is 2.21. The SMILES string of the molecule is CCC(CC)C(=O)c1ccc(SCCO)cc1. The molecule has 0 bridgehead atoms. The number of hydrogen-bond acceptors (Lipinski definition) is 3. The monoisotopic (exact) mass is 252 g/mol. The fraction of sp³-hybridized carbons (Fsp3) is 0.500. The predicted molar refractivity (Wildman–Crippen MR) is 72.7 cm³/mol. The van der Waals surface area contributed by atoms with Crippen molar-refractivity contribution in [2.75, 3.05) is 12.4 Å². The molecule has 0 amide bonds. The lowest BCUT2D eigenvalue weighted by molar-refractivity contribution is 0.0913. The summed E-state index contributed by atoms with van der Waals surface area (Å²) >= 11 is 1.60. The van der Waals surface area contributed by atoms with Crippen molar-refractivity contribution in [1.29, 1.82) is 0 Å². The van der Waals surface area contributed by atoms with Crippen molar-refractivity contribution in [3.05, 3.63) is 29.8 Å². The van der Waals surface area contributed by atoms with Crippen LogP contribution in [0.1, 0.15) is 37.0 Å². The number of aliphatic hydroxyl groups is 1. The quantitative estimate of drug-likeness (QED) is 0.597. The van der Waals surface area contributed by atoms with E-state index in [9.17, 15) is 4.79 Å². The molecule has 2 nitrogen and oxygen atoms in total. The van der Waals surface area contributed by atoms with Gasteiger partial charge in [0, 0.05) is 22.1 Å². The van der Waals surface area contributed by atoms with Crippen LogP contribution in [-0.2, 0) is 0 Å². The minimum atomic E-state index is 0.144. The van der Waals surface area contributed by atoms with Crippen LogP contribution in [0.4, 0.5) is 0 Å². The Morgan fingerprint density at radius 3 is 2.29 bits per heavy atom. The predicted octanol–water partition coefficient (Wildman–Crippen LogP) is 3.39. The van der Waals surface area contributed by atoms with Crippen molar-refractivity contribution in [1.82, 2.24) is 0 Å². The van der Waals surface area contributed by atoms with Gasteiger partial charge in [-0.25, -0.2) is 0 Å². The first kappa shape index (κ1) is 14.3. The molecule has 0 heterocycles. The molecule has 0 atom stereocenters. The van der Waals surface area contributed by atoms with Gasteiger partial charge in [0.1, 0.15) is 0 Å². The zero-order valence-electron chi connectivity index (χ0n) is 10.5. The minimum Gasteiger partial charge on any atom is -0.396 e. The second-order valence-corrected chi connectivity index (χ2v) is 5.14. The third-order valence-electron chi connectivity index (χ3n) is 2.86. The fourth-order valence-electron chi connectivity index (χ4n) is 1.77. The summed E-state index contributed by atoms with van der Waals surface area (Å²) in [5.41, 5.74) is 0.798. The second kappa shape index (κ2) is 7.51. The van der Waals surface area contributed by atoms with Crippen LogP contribution in [-0.4, -0.2) is 23.2 Å². The van der Waals surface area contributed by atoms with Crippen LogP contribution >= 0.6 is 11.8 Å². The van der Waals surface area contributed by atoms with E-state index >= 15 is 0 Å². The van der Waals surface area contributed by atoms with Gasteiger partial charge < -0.3 is 5.11 Å². The third kappa shape index (κ3) is 4.17. The summed E-state index contributed by atoms with van der Waals surface area (Å²) < 4.78 is 0.